The number of fused-ring (bicyclic) bond motifs is 1. The van der Waals surface area contributed by atoms with Crippen molar-refractivity contribution in [3.63, 3.8) is 0 Å². The van der Waals surface area contributed by atoms with Crippen molar-refractivity contribution in [2.24, 2.45) is 0 Å². The van der Waals surface area contributed by atoms with E-state index in [0.29, 0.717) is 12.1 Å². The predicted octanol–water partition coefficient (Wildman–Crippen LogP) is 2.10. The van der Waals surface area contributed by atoms with Crippen LogP contribution in [0.25, 0.3) is 0 Å². The standard InChI is InChI=1S/C11H18N2/c1-4-10-5-11-9(3)12-8(2)6-13(11)7-10/h5,7-9,12H,4,6H2,1-3H3/t8-,9+/m0/s1. The maximum absolute atomic E-state index is 3.55. The highest BCUT2D eigenvalue weighted by Gasteiger charge is 2.20. The molecule has 1 aliphatic rings. The third-order valence-corrected chi connectivity index (χ3v) is 2.84. The molecule has 0 unspecified atom stereocenters. The van der Waals surface area contributed by atoms with Crippen molar-refractivity contribution in [2.45, 2.75) is 45.8 Å². The molecule has 0 saturated carbocycles. The zero-order chi connectivity index (χ0) is 9.42. The molecule has 0 fully saturated rings. The highest BCUT2D eigenvalue weighted by Crippen LogP contribution is 2.22. The minimum atomic E-state index is 0.504. The first-order valence-electron chi connectivity index (χ1n) is 5.15. The van der Waals surface area contributed by atoms with Crippen LogP contribution in [-0.4, -0.2) is 10.6 Å². The van der Waals surface area contributed by atoms with Gasteiger partial charge in [0.15, 0.2) is 0 Å². The van der Waals surface area contributed by atoms with Crippen molar-refractivity contribution in [3.05, 3.63) is 23.5 Å². The molecule has 13 heavy (non-hydrogen) atoms. The van der Waals surface area contributed by atoms with Crippen LogP contribution in [0.15, 0.2) is 12.3 Å². The third kappa shape index (κ3) is 1.51. The fraction of sp³-hybridized carbons (Fsp3) is 0.636. The average Bonchev–Trinajstić information content (AvgIpc) is 2.47. The molecular weight excluding hydrogens is 160 g/mol. The molecule has 0 amide bonds. The van der Waals surface area contributed by atoms with E-state index in [0.717, 1.165) is 13.0 Å². The summed E-state index contributed by atoms with van der Waals surface area (Å²) < 4.78 is 2.39. The van der Waals surface area contributed by atoms with E-state index in [9.17, 15) is 0 Å². The van der Waals surface area contributed by atoms with Gasteiger partial charge in [-0.1, -0.05) is 6.92 Å². The van der Waals surface area contributed by atoms with Crippen LogP contribution in [0.3, 0.4) is 0 Å². The Balaban J connectivity index is 2.35. The van der Waals surface area contributed by atoms with Crippen molar-refractivity contribution < 1.29 is 0 Å². The van der Waals surface area contributed by atoms with Gasteiger partial charge in [0.2, 0.25) is 0 Å². The second kappa shape index (κ2) is 3.18. The lowest BCUT2D eigenvalue weighted by molar-refractivity contribution is 0.366. The summed E-state index contributed by atoms with van der Waals surface area (Å²) in [4.78, 5) is 0. The smallest absolute Gasteiger partial charge is 0.0448 e. The molecule has 72 valence electrons. The molecule has 0 radical (unpaired) electrons. The molecule has 2 atom stereocenters. The molecule has 0 aliphatic carbocycles. The SMILES string of the molecule is CCc1cc2n(c1)C[C@H](C)N[C@@H]2C. The number of aryl methyl sites for hydroxylation is 1. The number of nitrogens with zero attached hydrogens (tertiary/aromatic N) is 1. The highest BCUT2D eigenvalue weighted by molar-refractivity contribution is 5.23. The fourth-order valence-corrected chi connectivity index (χ4v) is 2.17. The summed E-state index contributed by atoms with van der Waals surface area (Å²) in [5, 5.41) is 3.55. The van der Waals surface area contributed by atoms with E-state index >= 15 is 0 Å². The van der Waals surface area contributed by atoms with E-state index in [1.807, 2.05) is 0 Å². The van der Waals surface area contributed by atoms with Gasteiger partial charge in [0.05, 0.1) is 0 Å². The molecule has 1 N–H and O–H groups in total. The number of aromatic nitrogens is 1. The monoisotopic (exact) mass is 178 g/mol. The number of hydrogen-bond donors (Lipinski definition) is 1. The van der Waals surface area contributed by atoms with Gasteiger partial charge in [-0.3, -0.25) is 0 Å². The molecule has 2 rings (SSSR count). The fourth-order valence-electron chi connectivity index (χ4n) is 2.17. The lowest BCUT2D eigenvalue weighted by Crippen LogP contribution is -2.38. The Kier molecular flexibility index (Phi) is 2.16. The number of rotatable bonds is 1. The predicted molar refractivity (Wildman–Crippen MR) is 54.8 cm³/mol. The summed E-state index contributed by atoms with van der Waals surface area (Å²) in [6.07, 6.45) is 3.43. The zero-order valence-corrected chi connectivity index (χ0v) is 8.67. The van der Waals surface area contributed by atoms with Crippen molar-refractivity contribution in [2.75, 3.05) is 0 Å². The quantitative estimate of drug-likeness (QED) is 0.697. The zero-order valence-electron chi connectivity index (χ0n) is 8.67. The van der Waals surface area contributed by atoms with Gasteiger partial charge >= 0.3 is 0 Å². The van der Waals surface area contributed by atoms with Crippen LogP contribution in [0, 0.1) is 0 Å². The Bertz CT molecular complexity index is 301. The maximum Gasteiger partial charge on any atom is 0.0448 e. The maximum atomic E-state index is 3.55. The summed E-state index contributed by atoms with van der Waals surface area (Å²) in [6.45, 7) is 7.80. The topological polar surface area (TPSA) is 17.0 Å². The van der Waals surface area contributed by atoms with Crippen LogP contribution in [0.2, 0.25) is 0 Å². The van der Waals surface area contributed by atoms with E-state index in [4.69, 9.17) is 0 Å². The second-order valence-corrected chi connectivity index (χ2v) is 4.07. The van der Waals surface area contributed by atoms with Crippen molar-refractivity contribution in [1.29, 1.82) is 0 Å². The normalized spacial score (nSPS) is 27.3. The molecule has 1 aliphatic heterocycles. The summed E-state index contributed by atoms with van der Waals surface area (Å²) >= 11 is 0. The van der Waals surface area contributed by atoms with Crippen molar-refractivity contribution in [3.8, 4) is 0 Å². The summed E-state index contributed by atoms with van der Waals surface area (Å²) in [5.41, 5.74) is 2.90. The second-order valence-electron chi connectivity index (χ2n) is 4.07. The minimum Gasteiger partial charge on any atom is -0.348 e. The number of hydrogen-bond acceptors (Lipinski definition) is 1. The Hall–Kier alpha value is -0.760. The molecule has 2 heterocycles. The van der Waals surface area contributed by atoms with Crippen LogP contribution in [0.1, 0.15) is 38.1 Å². The molecule has 0 bridgehead atoms. The molecular formula is C11H18N2. The van der Waals surface area contributed by atoms with E-state index in [1.54, 1.807) is 0 Å². The molecule has 2 nitrogen and oxygen atoms in total. The summed E-state index contributed by atoms with van der Waals surface area (Å²) in [7, 11) is 0. The van der Waals surface area contributed by atoms with Crippen LogP contribution in [0.4, 0.5) is 0 Å². The molecule has 0 spiro atoms. The van der Waals surface area contributed by atoms with Gasteiger partial charge in [-0.15, -0.1) is 0 Å². The van der Waals surface area contributed by atoms with Crippen LogP contribution in [-0.2, 0) is 13.0 Å². The Morgan fingerprint density at radius 1 is 1.54 bits per heavy atom. The van der Waals surface area contributed by atoms with Gasteiger partial charge in [0.1, 0.15) is 0 Å². The first kappa shape index (κ1) is 8.82. The number of nitrogens with one attached hydrogen (secondary N) is 1. The summed E-state index contributed by atoms with van der Waals surface area (Å²) in [6, 6.07) is 3.42. The molecule has 1 aromatic rings. The first-order valence-corrected chi connectivity index (χ1v) is 5.15. The van der Waals surface area contributed by atoms with Crippen molar-refractivity contribution in [1.82, 2.24) is 9.88 Å². The lowest BCUT2D eigenvalue weighted by Gasteiger charge is -2.28. The van der Waals surface area contributed by atoms with Crippen LogP contribution >= 0.6 is 0 Å². The van der Waals surface area contributed by atoms with Crippen LogP contribution in [0.5, 0.6) is 0 Å². The largest absolute Gasteiger partial charge is 0.348 e. The van der Waals surface area contributed by atoms with E-state index < -0.39 is 0 Å². The Labute approximate surface area is 79.9 Å². The van der Waals surface area contributed by atoms with Gasteiger partial charge in [0, 0.05) is 30.5 Å². The van der Waals surface area contributed by atoms with Crippen molar-refractivity contribution >= 4 is 0 Å². The van der Waals surface area contributed by atoms with E-state index in [2.05, 4.69) is 42.9 Å². The Morgan fingerprint density at radius 2 is 2.31 bits per heavy atom. The average molecular weight is 178 g/mol. The van der Waals surface area contributed by atoms with E-state index in [-0.39, 0.29) is 0 Å². The Morgan fingerprint density at radius 3 is 3.00 bits per heavy atom. The van der Waals surface area contributed by atoms with Gasteiger partial charge < -0.3 is 9.88 Å². The van der Waals surface area contributed by atoms with Crippen LogP contribution < -0.4 is 5.32 Å². The molecule has 0 aromatic carbocycles. The van der Waals surface area contributed by atoms with Gasteiger partial charge in [-0.25, -0.2) is 0 Å². The molecule has 0 saturated heterocycles. The highest BCUT2D eigenvalue weighted by atomic mass is 15.1. The van der Waals surface area contributed by atoms with E-state index in [1.165, 1.54) is 11.3 Å². The molecule has 2 heteroatoms. The lowest BCUT2D eigenvalue weighted by atomic mass is 10.1. The van der Waals surface area contributed by atoms with Gasteiger partial charge in [-0.2, -0.15) is 0 Å². The van der Waals surface area contributed by atoms with Gasteiger partial charge in [-0.05, 0) is 31.9 Å². The first-order chi connectivity index (χ1) is 6.20. The minimum absolute atomic E-state index is 0.504. The van der Waals surface area contributed by atoms with Gasteiger partial charge in [0.25, 0.3) is 0 Å². The summed E-state index contributed by atoms with van der Waals surface area (Å²) in [5.74, 6) is 0. The molecule has 1 aromatic heterocycles. The third-order valence-electron chi connectivity index (χ3n) is 2.84.